The summed E-state index contributed by atoms with van der Waals surface area (Å²) in [5.41, 5.74) is 1.15. The van der Waals surface area contributed by atoms with Crippen molar-refractivity contribution in [2.75, 3.05) is 18.6 Å². The SMILES string of the molecule is CCOC(=O)c1ccc(N2C(=O)NC(=O)/C(=C\c3ccc(OC)cc3OCc3ccc(Cl)cc3Cl)C2=O)cc1. The zero-order valence-corrected chi connectivity index (χ0v) is 22.3. The number of urea groups is 1. The number of ether oxygens (including phenoxy) is 3. The summed E-state index contributed by atoms with van der Waals surface area (Å²) in [7, 11) is 1.49. The molecule has 0 saturated carbocycles. The monoisotopic (exact) mass is 568 g/mol. The minimum atomic E-state index is -0.922. The molecule has 0 unspecified atom stereocenters. The van der Waals surface area contributed by atoms with Gasteiger partial charge in [0, 0.05) is 27.2 Å². The van der Waals surface area contributed by atoms with Gasteiger partial charge in [-0.25, -0.2) is 14.5 Å². The third-order valence-electron chi connectivity index (χ3n) is 5.66. The van der Waals surface area contributed by atoms with Gasteiger partial charge >= 0.3 is 12.0 Å². The fraction of sp³-hybridized carbons (Fsp3) is 0.143. The van der Waals surface area contributed by atoms with E-state index in [0.29, 0.717) is 32.7 Å². The summed E-state index contributed by atoms with van der Waals surface area (Å²) < 4.78 is 16.2. The maximum absolute atomic E-state index is 13.4. The van der Waals surface area contributed by atoms with Gasteiger partial charge in [0.15, 0.2) is 0 Å². The van der Waals surface area contributed by atoms with E-state index < -0.39 is 23.8 Å². The van der Waals surface area contributed by atoms with Crippen LogP contribution in [0.25, 0.3) is 6.08 Å². The molecule has 3 aromatic carbocycles. The number of esters is 1. The minimum Gasteiger partial charge on any atom is -0.497 e. The number of carbonyl (C=O) groups is 4. The Hall–Kier alpha value is -4.34. The molecule has 1 aliphatic heterocycles. The first-order valence-electron chi connectivity index (χ1n) is 11.6. The van der Waals surface area contributed by atoms with Crippen LogP contribution in [0.2, 0.25) is 10.0 Å². The number of rotatable bonds is 8. The zero-order chi connectivity index (χ0) is 28.1. The van der Waals surface area contributed by atoms with E-state index in [0.717, 1.165) is 4.90 Å². The second kappa shape index (κ2) is 12.0. The van der Waals surface area contributed by atoms with Crippen molar-refractivity contribution in [2.45, 2.75) is 13.5 Å². The van der Waals surface area contributed by atoms with Gasteiger partial charge in [-0.2, -0.15) is 0 Å². The molecule has 1 N–H and O–H groups in total. The van der Waals surface area contributed by atoms with Crippen molar-refractivity contribution in [3.05, 3.63) is 93.0 Å². The van der Waals surface area contributed by atoms with Crippen molar-refractivity contribution in [1.82, 2.24) is 5.32 Å². The van der Waals surface area contributed by atoms with Gasteiger partial charge in [0.2, 0.25) is 0 Å². The van der Waals surface area contributed by atoms with E-state index >= 15 is 0 Å². The summed E-state index contributed by atoms with van der Waals surface area (Å²) in [6, 6.07) is 14.6. The predicted octanol–water partition coefficient (Wildman–Crippen LogP) is 5.42. The number of hydrogen-bond acceptors (Lipinski definition) is 7. The van der Waals surface area contributed by atoms with E-state index in [1.54, 1.807) is 43.3 Å². The van der Waals surface area contributed by atoms with Gasteiger partial charge < -0.3 is 14.2 Å². The summed E-state index contributed by atoms with van der Waals surface area (Å²) in [5.74, 6) is -1.48. The third kappa shape index (κ3) is 6.22. The average molecular weight is 569 g/mol. The molecule has 1 heterocycles. The Labute approximate surface area is 233 Å². The Morgan fingerprint density at radius 1 is 1.00 bits per heavy atom. The van der Waals surface area contributed by atoms with Crippen LogP contribution in [0.5, 0.6) is 11.5 Å². The lowest BCUT2D eigenvalue weighted by Crippen LogP contribution is -2.54. The standard InChI is InChI=1S/C28H22Cl2N2O7/c1-3-38-27(35)16-5-9-20(10-6-16)32-26(34)22(25(33)31-28(32)36)12-17-7-11-21(37-2)14-24(17)39-15-18-4-8-19(29)13-23(18)30/h4-14H,3,15H2,1-2H3,(H,31,33,36)/b22-12+. The van der Waals surface area contributed by atoms with Crippen LogP contribution in [0.3, 0.4) is 0 Å². The van der Waals surface area contributed by atoms with Crippen LogP contribution in [0, 0.1) is 0 Å². The van der Waals surface area contributed by atoms with Crippen LogP contribution in [0.15, 0.2) is 66.2 Å². The number of nitrogens with one attached hydrogen (secondary N) is 1. The van der Waals surface area contributed by atoms with Crippen LogP contribution in [-0.4, -0.2) is 37.5 Å². The highest BCUT2D eigenvalue weighted by atomic mass is 35.5. The predicted molar refractivity (Wildman–Crippen MR) is 145 cm³/mol. The molecule has 0 radical (unpaired) electrons. The largest absolute Gasteiger partial charge is 0.497 e. The van der Waals surface area contributed by atoms with E-state index in [2.05, 4.69) is 5.32 Å². The molecular weight excluding hydrogens is 547 g/mol. The number of methoxy groups -OCH3 is 1. The quantitative estimate of drug-likeness (QED) is 0.219. The molecule has 11 heteroatoms. The highest BCUT2D eigenvalue weighted by Crippen LogP contribution is 2.31. The van der Waals surface area contributed by atoms with Gasteiger partial charge in [-0.15, -0.1) is 0 Å². The fourth-order valence-corrected chi connectivity index (χ4v) is 4.15. The first-order valence-corrected chi connectivity index (χ1v) is 12.4. The number of benzene rings is 3. The molecule has 0 aliphatic carbocycles. The second-order valence-corrected chi connectivity index (χ2v) is 9.00. The molecule has 0 bridgehead atoms. The van der Waals surface area contributed by atoms with Gasteiger partial charge in [0.25, 0.3) is 11.8 Å². The van der Waals surface area contributed by atoms with Crippen LogP contribution < -0.4 is 19.7 Å². The maximum atomic E-state index is 13.4. The number of nitrogens with zero attached hydrogens (tertiary/aromatic N) is 1. The summed E-state index contributed by atoms with van der Waals surface area (Å²) in [6.07, 6.45) is 1.32. The van der Waals surface area contributed by atoms with E-state index in [-0.39, 0.29) is 30.0 Å². The van der Waals surface area contributed by atoms with Crippen LogP contribution in [-0.2, 0) is 20.9 Å². The van der Waals surface area contributed by atoms with Crippen molar-refractivity contribution in [3.8, 4) is 11.5 Å². The van der Waals surface area contributed by atoms with Crippen LogP contribution in [0.1, 0.15) is 28.4 Å². The molecule has 1 aliphatic rings. The van der Waals surface area contributed by atoms with Crippen LogP contribution in [0.4, 0.5) is 10.5 Å². The molecule has 4 rings (SSSR count). The average Bonchev–Trinajstić information content (AvgIpc) is 2.91. The number of amides is 4. The molecule has 4 amide bonds. The Bertz CT molecular complexity index is 1490. The number of imide groups is 2. The molecular formula is C28H22Cl2N2O7. The Morgan fingerprint density at radius 3 is 2.41 bits per heavy atom. The number of barbiturate groups is 1. The number of anilines is 1. The summed E-state index contributed by atoms with van der Waals surface area (Å²) in [4.78, 5) is 51.4. The molecule has 1 saturated heterocycles. The van der Waals surface area contributed by atoms with Crippen molar-refractivity contribution < 1.29 is 33.4 Å². The topological polar surface area (TPSA) is 111 Å². The van der Waals surface area contributed by atoms with Gasteiger partial charge in [0.05, 0.1) is 25.0 Å². The normalized spacial score (nSPS) is 14.3. The highest BCUT2D eigenvalue weighted by molar-refractivity contribution is 6.39. The van der Waals surface area contributed by atoms with Gasteiger partial charge in [-0.05, 0) is 61.5 Å². The molecule has 0 spiro atoms. The van der Waals surface area contributed by atoms with Crippen LogP contribution >= 0.6 is 23.2 Å². The van der Waals surface area contributed by atoms with Crippen molar-refractivity contribution >= 4 is 58.8 Å². The Morgan fingerprint density at radius 2 is 1.74 bits per heavy atom. The first-order chi connectivity index (χ1) is 18.7. The minimum absolute atomic E-state index is 0.0664. The van der Waals surface area contributed by atoms with Gasteiger partial charge in [-0.1, -0.05) is 29.3 Å². The number of halogens is 2. The molecule has 3 aromatic rings. The number of carbonyl (C=O) groups excluding carboxylic acids is 4. The Balaban J connectivity index is 1.65. The lowest BCUT2D eigenvalue weighted by molar-refractivity contribution is -0.122. The lowest BCUT2D eigenvalue weighted by Gasteiger charge is -2.26. The van der Waals surface area contributed by atoms with Crippen molar-refractivity contribution in [2.24, 2.45) is 0 Å². The van der Waals surface area contributed by atoms with Gasteiger partial charge in [0.1, 0.15) is 23.7 Å². The highest BCUT2D eigenvalue weighted by Gasteiger charge is 2.37. The molecule has 0 atom stereocenters. The second-order valence-electron chi connectivity index (χ2n) is 8.15. The van der Waals surface area contributed by atoms with E-state index in [1.165, 1.54) is 37.5 Å². The van der Waals surface area contributed by atoms with Crippen molar-refractivity contribution in [1.29, 1.82) is 0 Å². The maximum Gasteiger partial charge on any atom is 0.338 e. The third-order valence-corrected chi connectivity index (χ3v) is 6.24. The fourth-order valence-electron chi connectivity index (χ4n) is 3.69. The van der Waals surface area contributed by atoms with E-state index in [9.17, 15) is 19.2 Å². The summed E-state index contributed by atoms with van der Waals surface area (Å²) in [5, 5.41) is 3.06. The lowest BCUT2D eigenvalue weighted by atomic mass is 10.1. The molecule has 200 valence electrons. The summed E-state index contributed by atoms with van der Waals surface area (Å²) in [6.45, 7) is 1.95. The first kappa shape index (κ1) is 27.7. The Kier molecular flexibility index (Phi) is 8.53. The molecule has 1 fully saturated rings. The van der Waals surface area contributed by atoms with Gasteiger partial charge in [-0.3, -0.25) is 14.9 Å². The van der Waals surface area contributed by atoms with E-state index in [1.807, 2.05) is 0 Å². The zero-order valence-electron chi connectivity index (χ0n) is 20.8. The number of hydrogen-bond donors (Lipinski definition) is 1. The summed E-state index contributed by atoms with van der Waals surface area (Å²) >= 11 is 12.2. The molecule has 0 aromatic heterocycles. The smallest absolute Gasteiger partial charge is 0.338 e. The van der Waals surface area contributed by atoms with E-state index in [4.69, 9.17) is 37.4 Å². The molecule has 9 nitrogen and oxygen atoms in total. The van der Waals surface area contributed by atoms with Crippen molar-refractivity contribution in [3.63, 3.8) is 0 Å². The molecule has 39 heavy (non-hydrogen) atoms.